The highest BCUT2D eigenvalue weighted by molar-refractivity contribution is 5.94. The Kier molecular flexibility index (Phi) is 7.18. The lowest BCUT2D eigenvalue weighted by Crippen LogP contribution is -2.50. The number of anilines is 2. The van der Waals surface area contributed by atoms with Crippen LogP contribution in [0.15, 0.2) is 36.4 Å². The van der Waals surface area contributed by atoms with Gasteiger partial charge in [-0.3, -0.25) is 19.4 Å². The van der Waals surface area contributed by atoms with Gasteiger partial charge in [0, 0.05) is 37.6 Å². The molecule has 0 spiro atoms. The number of para-hydroxylation sites is 1. The lowest BCUT2D eigenvalue weighted by atomic mass is 10.1. The molecule has 0 unspecified atom stereocenters. The molecular formula is C23H29FN4O2. The van der Waals surface area contributed by atoms with E-state index in [0.717, 1.165) is 16.8 Å². The number of benzene rings is 2. The fourth-order valence-electron chi connectivity index (χ4n) is 3.57. The number of carbonyl (C=O) groups excluding carboxylic acids is 2. The summed E-state index contributed by atoms with van der Waals surface area (Å²) < 4.78 is 13.6. The molecule has 7 heteroatoms. The highest BCUT2D eigenvalue weighted by atomic mass is 19.1. The lowest BCUT2D eigenvalue weighted by molar-refractivity contribution is -0.120. The summed E-state index contributed by atoms with van der Waals surface area (Å²) in [6.07, 6.45) is 0. The summed E-state index contributed by atoms with van der Waals surface area (Å²) in [7, 11) is 0. The fourth-order valence-corrected chi connectivity index (χ4v) is 3.57. The molecule has 1 fully saturated rings. The SMILES string of the molecule is Cc1ccc(NC(=O)CN2CCN(CC(=O)Nc3c(C)cccc3C)CC2)cc1F. The molecule has 2 N–H and O–H groups in total. The van der Waals surface area contributed by atoms with Crippen molar-refractivity contribution in [2.75, 3.05) is 49.9 Å². The van der Waals surface area contributed by atoms with Crippen LogP contribution in [0.3, 0.4) is 0 Å². The molecule has 6 nitrogen and oxygen atoms in total. The van der Waals surface area contributed by atoms with Gasteiger partial charge in [-0.2, -0.15) is 0 Å². The van der Waals surface area contributed by atoms with Gasteiger partial charge in [-0.05, 0) is 49.6 Å². The summed E-state index contributed by atoms with van der Waals surface area (Å²) in [5, 5.41) is 5.76. The first-order valence-corrected chi connectivity index (χ1v) is 10.2. The molecule has 160 valence electrons. The number of hydrogen-bond acceptors (Lipinski definition) is 4. The first kappa shape index (κ1) is 21.9. The smallest absolute Gasteiger partial charge is 0.238 e. The van der Waals surface area contributed by atoms with Crippen LogP contribution in [0.1, 0.15) is 16.7 Å². The van der Waals surface area contributed by atoms with Gasteiger partial charge in [0.1, 0.15) is 5.82 Å². The van der Waals surface area contributed by atoms with Gasteiger partial charge in [0.15, 0.2) is 0 Å². The predicted molar refractivity (Wildman–Crippen MR) is 117 cm³/mol. The van der Waals surface area contributed by atoms with E-state index in [2.05, 4.69) is 15.5 Å². The standard InChI is InChI=1S/C23H29FN4O2/c1-16-7-8-19(13-20(16)24)25-21(29)14-27-9-11-28(12-10-27)15-22(30)26-23-17(2)5-4-6-18(23)3/h4-8,13H,9-12,14-15H2,1-3H3,(H,25,29)(H,26,30). The summed E-state index contributed by atoms with van der Waals surface area (Å²) in [6, 6.07) is 10.6. The van der Waals surface area contributed by atoms with Crippen LogP contribution < -0.4 is 10.6 Å². The molecule has 0 saturated carbocycles. The molecule has 1 aliphatic heterocycles. The Bertz CT molecular complexity index is 903. The molecule has 1 saturated heterocycles. The van der Waals surface area contributed by atoms with Crippen LogP contribution in [0.2, 0.25) is 0 Å². The Hall–Kier alpha value is -2.77. The fraction of sp³-hybridized carbons (Fsp3) is 0.391. The van der Waals surface area contributed by atoms with Crippen molar-refractivity contribution in [2.45, 2.75) is 20.8 Å². The van der Waals surface area contributed by atoms with Crippen LogP contribution in [0.5, 0.6) is 0 Å². The zero-order valence-corrected chi connectivity index (χ0v) is 17.8. The minimum absolute atomic E-state index is 0.0278. The number of carbonyl (C=O) groups is 2. The molecule has 0 bridgehead atoms. The maximum atomic E-state index is 13.6. The Labute approximate surface area is 177 Å². The summed E-state index contributed by atoms with van der Waals surface area (Å²) in [5.74, 6) is -0.528. The third-order valence-corrected chi connectivity index (χ3v) is 5.40. The van der Waals surface area contributed by atoms with Crippen molar-refractivity contribution in [3.63, 3.8) is 0 Å². The van der Waals surface area contributed by atoms with Crippen molar-refractivity contribution in [1.29, 1.82) is 0 Å². The van der Waals surface area contributed by atoms with Gasteiger partial charge in [-0.1, -0.05) is 24.3 Å². The van der Waals surface area contributed by atoms with Crippen LogP contribution in [0.25, 0.3) is 0 Å². The monoisotopic (exact) mass is 412 g/mol. The average molecular weight is 413 g/mol. The summed E-state index contributed by atoms with van der Waals surface area (Å²) in [6.45, 7) is 9.06. The number of hydrogen-bond donors (Lipinski definition) is 2. The second-order valence-corrected chi connectivity index (χ2v) is 7.88. The van der Waals surface area contributed by atoms with E-state index in [-0.39, 0.29) is 24.2 Å². The van der Waals surface area contributed by atoms with Gasteiger partial charge < -0.3 is 10.6 Å². The lowest BCUT2D eigenvalue weighted by Gasteiger charge is -2.33. The van der Waals surface area contributed by atoms with Crippen LogP contribution in [0.4, 0.5) is 15.8 Å². The van der Waals surface area contributed by atoms with E-state index < -0.39 is 0 Å². The van der Waals surface area contributed by atoms with Gasteiger partial charge in [0.25, 0.3) is 0 Å². The minimum Gasteiger partial charge on any atom is -0.325 e. The van der Waals surface area contributed by atoms with Crippen molar-refractivity contribution in [2.24, 2.45) is 0 Å². The first-order chi connectivity index (χ1) is 14.3. The number of rotatable bonds is 6. The number of aryl methyl sites for hydroxylation is 3. The molecule has 2 aromatic rings. The van der Waals surface area contributed by atoms with Crippen molar-refractivity contribution in [1.82, 2.24) is 9.80 Å². The zero-order chi connectivity index (χ0) is 21.7. The molecule has 3 rings (SSSR count). The number of halogens is 1. The van der Waals surface area contributed by atoms with Gasteiger partial charge >= 0.3 is 0 Å². The van der Waals surface area contributed by atoms with Crippen LogP contribution in [0, 0.1) is 26.6 Å². The van der Waals surface area contributed by atoms with E-state index in [0.29, 0.717) is 44.0 Å². The van der Waals surface area contributed by atoms with Crippen LogP contribution in [-0.2, 0) is 9.59 Å². The van der Waals surface area contributed by atoms with Crippen molar-refractivity contribution in [3.05, 3.63) is 58.9 Å². The summed E-state index contributed by atoms with van der Waals surface area (Å²) >= 11 is 0. The Morgan fingerprint density at radius 1 is 0.833 bits per heavy atom. The predicted octanol–water partition coefficient (Wildman–Crippen LogP) is 2.95. The highest BCUT2D eigenvalue weighted by Crippen LogP contribution is 2.19. The largest absolute Gasteiger partial charge is 0.325 e. The van der Waals surface area contributed by atoms with E-state index in [1.165, 1.54) is 6.07 Å². The van der Waals surface area contributed by atoms with Gasteiger partial charge in [0.05, 0.1) is 13.1 Å². The summed E-state index contributed by atoms with van der Waals surface area (Å²) in [4.78, 5) is 28.8. The molecule has 1 aliphatic rings. The van der Waals surface area contributed by atoms with Crippen molar-refractivity contribution >= 4 is 23.2 Å². The Morgan fingerprint density at radius 3 is 1.90 bits per heavy atom. The molecule has 0 aliphatic carbocycles. The molecular weight excluding hydrogens is 383 g/mol. The number of nitrogens with one attached hydrogen (secondary N) is 2. The molecule has 0 atom stereocenters. The minimum atomic E-state index is -0.333. The molecule has 0 radical (unpaired) electrons. The molecule has 1 heterocycles. The Balaban J connectivity index is 1.42. The van der Waals surface area contributed by atoms with Gasteiger partial charge in [0.2, 0.25) is 11.8 Å². The quantitative estimate of drug-likeness (QED) is 0.766. The van der Waals surface area contributed by atoms with E-state index in [1.54, 1.807) is 19.1 Å². The number of nitrogens with zero attached hydrogens (tertiary/aromatic N) is 2. The Morgan fingerprint density at radius 2 is 1.37 bits per heavy atom. The normalized spacial score (nSPS) is 15.1. The van der Waals surface area contributed by atoms with Crippen LogP contribution in [-0.4, -0.2) is 60.9 Å². The van der Waals surface area contributed by atoms with Crippen molar-refractivity contribution < 1.29 is 14.0 Å². The van der Waals surface area contributed by atoms with Crippen molar-refractivity contribution in [3.8, 4) is 0 Å². The first-order valence-electron chi connectivity index (χ1n) is 10.2. The van der Waals surface area contributed by atoms with Crippen LogP contribution >= 0.6 is 0 Å². The molecule has 0 aromatic heterocycles. The molecule has 30 heavy (non-hydrogen) atoms. The highest BCUT2D eigenvalue weighted by Gasteiger charge is 2.21. The van der Waals surface area contributed by atoms with E-state index in [4.69, 9.17) is 0 Å². The average Bonchev–Trinajstić information content (AvgIpc) is 2.69. The molecule has 2 amide bonds. The maximum absolute atomic E-state index is 13.6. The second-order valence-electron chi connectivity index (χ2n) is 7.88. The third-order valence-electron chi connectivity index (χ3n) is 5.40. The third kappa shape index (κ3) is 5.87. The number of amides is 2. The van der Waals surface area contributed by atoms with Gasteiger partial charge in [-0.25, -0.2) is 4.39 Å². The number of piperazine rings is 1. The maximum Gasteiger partial charge on any atom is 0.238 e. The van der Waals surface area contributed by atoms with E-state index in [1.807, 2.05) is 36.9 Å². The van der Waals surface area contributed by atoms with E-state index in [9.17, 15) is 14.0 Å². The topological polar surface area (TPSA) is 64.7 Å². The molecule has 2 aromatic carbocycles. The van der Waals surface area contributed by atoms with Gasteiger partial charge in [-0.15, -0.1) is 0 Å². The zero-order valence-electron chi connectivity index (χ0n) is 17.8. The second kappa shape index (κ2) is 9.82. The van der Waals surface area contributed by atoms with E-state index >= 15 is 0 Å². The summed E-state index contributed by atoms with van der Waals surface area (Å²) in [5.41, 5.74) is 3.99.